The normalized spacial score (nSPS) is 11.2. The maximum atomic E-state index is 12.6. The molecule has 0 saturated heterocycles. The second kappa shape index (κ2) is 7.00. The lowest BCUT2D eigenvalue weighted by molar-refractivity contribution is -0.137. The summed E-state index contributed by atoms with van der Waals surface area (Å²) < 4.78 is 43.0. The number of esters is 1. The Balaban J connectivity index is 1.73. The van der Waals surface area contributed by atoms with Crippen molar-refractivity contribution in [2.45, 2.75) is 13.1 Å². The molecule has 2 aromatic carbocycles. The highest BCUT2D eigenvalue weighted by Gasteiger charge is 2.29. The molecule has 1 heterocycles. The van der Waals surface area contributed by atoms with E-state index in [0.29, 0.717) is 16.7 Å². The average molecular weight is 357 g/mol. The second-order valence-electron chi connectivity index (χ2n) is 5.72. The lowest BCUT2D eigenvalue weighted by Gasteiger charge is -2.08. The van der Waals surface area contributed by atoms with E-state index in [1.165, 1.54) is 12.1 Å². The Morgan fingerprint density at radius 1 is 0.885 bits per heavy atom. The smallest absolute Gasteiger partial charge is 0.404 e. The van der Waals surface area contributed by atoms with Crippen molar-refractivity contribution in [3.05, 3.63) is 83.6 Å². The molecular weight excluding hydrogens is 343 g/mol. The quantitative estimate of drug-likeness (QED) is 0.598. The highest BCUT2D eigenvalue weighted by Crippen LogP contribution is 2.31. The Labute approximate surface area is 148 Å². The van der Waals surface area contributed by atoms with Gasteiger partial charge in [-0.1, -0.05) is 30.3 Å². The molecule has 0 amide bonds. The molecule has 0 aliphatic heterocycles. The predicted octanol–water partition coefficient (Wildman–Crippen LogP) is 5.30. The van der Waals surface area contributed by atoms with Crippen LogP contribution in [0.25, 0.3) is 11.1 Å². The van der Waals surface area contributed by atoms with E-state index in [-0.39, 0.29) is 5.88 Å². The van der Waals surface area contributed by atoms with Crippen LogP contribution in [0.15, 0.2) is 66.9 Å². The molecule has 0 N–H and O–H groups in total. The summed E-state index contributed by atoms with van der Waals surface area (Å²) in [5.41, 5.74) is 1.89. The van der Waals surface area contributed by atoms with Gasteiger partial charge in [0.15, 0.2) is 0 Å². The Morgan fingerprint density at radius 3 is 1.96 bits per heavy atom. The highest BCUT2D eigenvalue weighted by molar-refractivity contribution is 5.91. The van der Waals surface area contributed by atoms with Gasteiger partial charge in [0.2, 0.25) is 5.88 Å². The molecule has 0 aliphatic rings. The van der Waals surface area contributed by atoms with E-state index in [1.54, 1.807) is 42.6 Å². The van der Waals surface area contributed by atoms with Gasteiger partial charge in [0.25, 0.3) is 0 Å². The molecular formula is C20H14F3NO2. The number of hydrogen-bond acceptors (Lipinski definition) is 3. The number of halogens is 3. The summed E-state index contributed by atoms with van der Waals surface area (Å²) >= 11 is 0. The summed E-state index contributed by atoms with van der Waals surface area (Å²) in [4.78, 5) is 16.1. The van der Waals surface area contributed by atoms with Crippen molar-refractivity contribution < 1.29 is 22.7 Å². The van der Waals surface area contributed by atoms with E-state index >= 15 is 0 Å². The molecule has 6 heteroatoms. The van der Waals surface area contributed by atoms with Crippen molar-refractivity contribution in [2.75, 3.05) is 0 Å². The lowest BCUT2D eigenvalue weighted by Crippen LogP contribution is -2.09. The highest BCUT2D eigenvalue weighted by atomic mass is 19.4. The summed E-state index contributed by atoms with van der Waals surface area (Å²) in [7, 11) is 0. The molecule has 0 aliphatic carbocycles. The van der Waals surface area contributed by atoms with Crippen molar-refractivity contribution in [1.29, 1.82) is 0 Å². The van der Waals surface area contributed by atoms with Crippen LogP contribution < -0.4 is 4.74 Å². The number of hydrogen-bond donors (Lipinski definition) is 0. The minimum atomic E-state index is -4.36. The van der Waals surface area contributed by atoms with Gasteiger partial charge in [-0.25, -0.2) is 9.78 Å². The van der Waals surface area contributed by atoms with Crippen LogP contribution in [0.5, 0.6) is 5.88 Å². The number of carbonyl (C=O) groups is 1. The fraction of sp³-hybridized carbons (Fsp3) is 0.100. The zero-order valence-electron chi connectivity index (χ0n) is 13.7. The van der Waals surface area contributed by atoms with Gasteiger partial charge in [0, 0.05) is 12.3 Å². The molecule has 0 atom stereocenters. The van der Waals surface area contributed by atoms with E-state index in [0.717, 1.165) is 17.7 Å². The predicted molar refractivity (Wildman–Crippen MR) is 90.8 cm³/mol. The third kappa shape index (κ3) is 4.08. The zero-order valence-corrected chi connectivity index (χ0v) is 13.7. The van der Waals surface area contributed by atoms with Gasteiger partial charge in [0.1, 0.15) is 0 Å². The van der Waals surface area contributed by atoms with Crippen LogP contribution in [0, 0.1) is 6.92 Å². The first-order chi connectivity index (χ1) is 12.3. The molecule has 3 aromatic rings. The van der Waals surface area contributed by atoms with Crippen molar-refractivity contribution in [2.24, 2.45) is 0 Å². The number of nitrogens with zero attached hydrogens (tertiary/aromatic N) is 1. The minimum absolute atomic E-state index is 0.201. The van der Waals surface area contributed by atoms with Crippen LogP contribution in [0.3, 0.4) is 0 Å². The third-order valence-electron chi connectivity index (χ3n) is 3.75. The fourth-order valence-corrected chi connectivity index (χ4v) is 2.32. The summed E-state index contributed by atoms with van der Waals surface area (Å²) in [6, 6.07) is 14.7. The van der Waals surface area contributed by atoms with Crippen LogP contribution in [-0.4, -0.2) is 11.0 Å². The molecule has 26 heavy (non-hydrogen) atoms. The van der Waals surface area contributed by atoms with Gasteiger partial charge < -0.3 is 4.74 Å². The van der Waals surface area contributed by atoms with Gasteiger partial charge in [0.05, 0.1) is 11.1 Å². The summed E-state index contributed by atoms with van der Waals surface area (Å²) in [5.74, 6) is -0.354. The molecule has 0 radical (unpaired) electrons. The standard InChI is InChI=1S/C20H14F3NO2/c1-13-2-11-18(24-12-13)26-19(25)16-5-3-14(4-6-16)15-7-9-17(10-8-15)20(21,22)23/h2-12H,1H3. The van der Waals surface area contributed by atoms with Gasteiger partial charge in [-0.15, -0.1) is 0 Å². The summed E-state index contributed by atoms with van der Waals surface area (Å²) in [6.45, 7) is 1.87. The number of benzene rings is 2. The Bertz CT molecular complexity index is 900. The van der Waals surface area contributed by atoms with Crippen LogP contribution in [0.1, 0.15) is 21.5 Å². The zero-order chi connectivity index (χ0) is 18.7. The summed E-state index contributed by atoms with van der Waals surface area (Å²) in [6.07, 6.45) is -2.77. The van der Waals surface area contributed by atoms with Gasteiger partial charge in [-0.05, 0) is 47.9 Å². The molecule has 0 unspecified atom stereocenters. The second-order valence-corrected chi connectivity index (χ2v) is 5.72. The third-order valence-corrected chi connectivity index (χ3v) is 3.75. The van der Waals surface area contributed by atoms with E-state index in [2.05, 4.69) is 4.98 Å². The molecule has 0 spiro atoms. The average Bonchev–Trinajstić information content (AvgIpc) is 2.63. The van der Waals surface area contributed by atoms with Crippen molar-refractivity contribution in [1.82, 2.24) is 4.98 Å². The number of pyridine rings is 1. The van der Waals surface area contributed by atoms with Crippen LogP contribution in [0.2, 0.25) is 0 Å². The van der Waals surface area contributed by atoms with Gasteiger partial charge in [-0.3, -0.25) is 0 Å². The maximum Gasteiger partial charge on any atom is 0.416 e. The summed E-state index contributed by atoms with van der Waals surface area (Å²) in [5, 5.41) is 0. The molecule has 1 aromatic heterocycles. The van der Waals surface area contributed by atoms with Gasteiger partial charge >= 0.3 is 12.1 Å². The van der Waals surface area contributed by atoms with Crippen LogP contribution >= 0.6 is 0 Å². The number of alkyl halides is 3. The lowest BCUT2D eigenvalue weighted by atomic mass is 10.0. The Hall–Kier alpha value is -3.15. The molecule has 0 bridgehead atoms. The monoisotopic (exact) mass is 357 g/mol. The maximum absolute atomic E-state index is 12.6. The van der Waals surface area contributed by atoms with Crippen LogP contribution in [-0.2, 0) is 6.18 Å². The van der Waals surface area contributed by atoms with E-state index in [4.69, 9.17) is 4.74 Å². The largest absolute Gasteiger partial charge is 0.416 e. The van der Waals surface area contributed by atoms with Crippen LogP contribution in [0.4, 0.5) is 13.2 Å². The Morgan fingerprint density at radius 2 is 1.46 bits per heavy atom. The Kier molecular flexibility index (Phi) is 4.75. The van der Waals surface area contributed by atoms with Gasteiger partial charge in [-0.2, -0.15) is 13.2 Å². The first-order valence-electron chi connectivity index (χ1n) is 7.75. The van der Waals surface area contributed by atoms with E-state index in [1.807, 2.05) is 6.92 Å². The molecule has 3 nitrogen and oxygen atoms in total. The SMILES string of the molecule is Cc1ccc(OC(=O)c2ccc(-c3ccc(C(F)(F)F)cc3)cc2)nc1. The van der Waals surface area contributed by atoms with E-state index < -0.39 is 17.7 Å². The molecule has 3 rings (SSSR count). The van der Waals surface area contributed by atoms with Crippen molar-refractivity contribution >= 4 is 5.97 Å². The number of carbonyl (C=O) groups excluding carboxylic acids is 1. The first-order valence-corrected chi connectivity index (χ1v) is 7.75. The molecule has 0 saturated carbocycles. The fourth-order valence-electron chi connectivity index (χ4n) is 2.32. The number of rotatable bonds is 3. The van der Waals surface area contributed by atoms with Crippen molar-refractivity contribution in [3.63, 3.8) is 0 Å². The minimum Gasteiger partial charge on any atom is -0.404 e. The number of aromatic nitrogens is 1. The topological polar surface area (TPSA) is 39.2 Å². The number of ether oxygens (including phenoxy) is 1. The van der Waals surface area contributed by atoms with Crippen molar-refractivity contribution in [3.8, 4) is 17.0 Å². The molecule has 0 fully saturated rings. The number of aryl methyl sites for hydroxylation is 1. The van der Waals surface area contributed by atoms with E-state index in [9.17, 15) is 18.0 Å². The first kappa shape index (κ1) is 17.7. The molecule has 132 valence electrons.